The van der Waals surface area contributed by atoms with Gasteiger partial charge in [-0.3, -0.25) is 9.59 Å². The van der Waals surface area contributed by atoms with Crippen molar-refractivity contribution in [2.24, 2.45) is 0 Å². The van der Waals surface area contributed by atoms with E-state index < -0.39 is 0 Å². The second kappa shape index (κ2) is 9.78. The molecular weight excluding hydrogens is 368 g/mol. The van der Waals surface area contributed by atoms with E-state index in [1.165, 1.54) is 12.7 Å². The van der Waals surface area contributed by atoms with Gasteiger partial charge < -0.3 is 19.7 Å². The Hall–Kier alpha value is -3.28. The summed E-state index contributed by atoms with van der Waals surface area (Å²) in [6, 6.07) is 15.0. The highest BCUT2D eigenvalue weighted by molar-refractivity contribution is 5.97. The van der Waals surface area contributed by atoms with Crippen LogP contribution in [0.4, 0.5) is 0 Å². The van der Waals surface area contributed by atoms with Gasteiger partial charge in [0.05, 0.1) is 19.8 Å². The van der Waals surface area contributed by atoms with Crippen LogP contribution >= 0.6 is 0 Å². The van der Waals surface area contributed by atoms with Gasteiger partial charge in [0, 0.05) is 26.1 Å². The number of carbonyl (C=O) groups is 2. The van der Waals surface area contributed by atoms with Crippen LogP contribution in [-0.4, -0.2) is 50.6 Å². The van der Waals surface area contributed by atoms with Crippen molar-refractivity contribution in [3.05, 3.63) is 65.7 Å². The zero-order chi connectivity index (χ0) is 20.6. The van der Waals surface area contributed by atoms with Crippen LogP contribution in [0.25, 0.3) is 5.57 Å². The van der Waals surface area contributed by atoms with E-state index in [9.17, 15) is 9.59 Å². The molecule has 0 aliphatic carbocycles. The number of carbonyl (C=O) groups excluding carboxylic acids is 2. The summed E-state index contributed by atoms with van der Waals surface area (Å²) in [5.41, 5.74) is 2.86. The molecule has 3 rings (SSSR count). The van der Waals surface area contributed by atoms with Crippen LogP contribution in [0.15, 0.2) is 54.6 Å². The minimum atomic E-state index is -0.240. The minimum absolute atomic E-state index is 0.0374. The number of methoxy groups -OCH3 is 2. The van der Waals surface area contributed by atoms with Crippen molar-refractivity contribution in [1.29, 1.82) is 0 Å². The van der Waals surface area contributed by atoms with E-state index in [1.807, 2.05) is 35.2 Å². The number of para-hydroxylation sites is 1. The molecule has 1 aliphatic rings. The van der Waals surface area contributed by atoms with Gasteiger partial charge in [-0.15, -0.1) is 0 Å². The predicted octanol–water partition coefficient (Wildman–Crippen LogP) is 3.14. The number of amides is 2. The Morgan fingerprint density at radius 3 is 2.45 bits per heavy atom. The van der Waals surface area contributed by atoms with Crippen LogP contribution in [0, 0.1) is 0 Å². The molecule has 0 fully saturated rings. The van der Waals surface area contributed by atoms with Gasteiger partial charge in [0.1, 0.15) is 11.5 Å². The van der Waals surface area contributed by atoms with Crippen LogP contribution in [0.1, 0.15) is 28.8 Å². The maximum Gasteiger partial charge on any atom is 0.255 e. The summed E-state index contributed by atoms with van der Waals surface area (Å²) in [7, 11) is 3.18. The molecule has 0 saturated carbocycles. The normalized spacial score (nSPS) is 13.4. The third-order valence-corrected chi connectivity index (χ3v) is 5.00. The first-order valence-electron chi connectivity index (χ1n) is 9.65. The first-order chi connectivity index (χ1) is 14.1. The Bertz CT molecular complexity index is 890. The van der Waals surface area contributed by atoms with Gasteiger partial charge in [0.2, 0.25) is 5.91 Å². The number of hydrogen-bond acceptors (Lipinski definition) is 4. The molecule has 0 radical (unpaired) electrons. The van der Waals surface area contributed by atoms with Crippen LogP contribution < -0.4 is 14.8 Å². The first-order valence-corrected chi connectivity index (χ1v) is 9.65. The Morgan fingerprint density at radius 1 is 1.03 bits per heavy atom. The number of nitrogens with one attached hydrogen (secondary N) is 1. The Morgan fingerprint density at radius 2 is 1.79 bits per heavy atom. The average Bonchev–Trinajstić information content (AvgIpc) is 2.79. The topological polar surface area (TPSA) is 67.9 Å². The van der Waals surface area contributed by atoms with Crippen molar-refractivity contribution in [3.8, 4) is 11.5 Å². The molecule has 0 unspecified atom stereocenters. The van der Waals surface area contributed by atoms with Crippen LogP contribution in [0.5, 0.6) is 11.5 Å². The van der Waals surface area contributed by atoms with Crippen LogP contribution in [0.3, 0.4) is 0 Å². The van der Waals surface area contributed by atoms with E-state index in [0.717, 1.165) is 17.7 Å². The average molecular weight is 394 g/mol. The highest BCUT2D eigenvalue weighted by atomic mass is 16.5. The summed E-state index contributed by atoms with van der Waals surface area (Å²) in [6.45, 7) is 1.55. The highest BCUT2D eigenvalue weighted by Gasteiger charge is 2.18. The van der Waals surface area contributed by atoms with Crippen LogP contribution in [0.2, 0.25) is 0 Å². The highest BCUT2D eigenvalue weighted by Crippen LogP contribution is 2.24. The van der Waals surface area contributed by atoms with Gasteiger partial charge in [-0.2, -0.15) is 0 Å². The molecule has 152 valence electrons. The third-order valence-electron chi connectivity index (χ3n) is 5.00. The van der Waals surface area contributed by atoms with Crippen LogP contribution in [-0.2, 0) is 4.79 Å². The number of hydrogen-bond donors (Lipinski definition) is 1. The summed E-state index contributed by atoms with van der Waals surface area (Å²) < 4.78 is 10.4. The lowest BCUT2D eigenvalue weighted by Crippen LogP contribution is -2.37. The molecule has 2 aromatic carbocycles. The molecule has 6 heteroatoms. The molecular formula is C23H26N2O4. The van der Waals surface area contributed by atoms with Crippen molar-refractivity contribution in [3.63, 3.8) is 0 Å². The quantitative estimate of drug-likeness (QED) is 0.783. The lowest BCUT2D eigenvalue weighted by atomic mass is 9.99. The summed E-state index contributed by atoms with van der Waals surface area (Å²) in [4.78, 5) is 26.6. The fourth-order valence-electron chi connectivity index (χ4n) is 3.33. The van der Waals surface area contributed by atoms with E-state index in [1.54, 1.807) is 25.3 Å². The second-order valence-corrected chi connectivity index (χ2v) is 6.75. The van der Waals surface area contributed by atoms with E-state index in [2.05, 4.69) is 11.4 Å². The molecule has 1 heterocycles. The van der Waals surface area contributed by atoms with Crippen molar-refractivity contribution < 1.29 is 19.1 Å². The predicted molar refractivity (Wildman–Crippen MR) is 112 cm³/mol. The van der Waals surface area contributed by atoms with Crippen molar-refractivity contribution in [2.45, 2.75) is 12.8 Å². The molecule has 1 N–H and O–H groups in total. The first kappa shape index (κ1) is 20.5. The zero-order valence-electron chi connectivity index (χ0n) is 16.8. The number of benzene rings is 2. The number of rotatable bonds is 7. The number of nitrogens with zero attached hydrogens (tertiary/aromatic N) is 1. The summed E-state index contributed by atoms with van der Waals surface area (Å²) in [6.07, 6.45) is 3.18. The van der Waals surface area contributed by atoms with Gasteiger partial charge in [-0.1, -0.05) is 30.3 Å². The third kappa shape index (κ3) is 5.16. The van der Waals surface area contributed by atoms with Crippen molar-refractivity contribution >= 4 is 17.4 Å². The fraction of sp³-hybridized carbons (Fsp3) is 0.304. The van der Waals surface area contributed by atoms with Crippen molar-refractivity contribution in [1.82, 2.24) is 10.2 Å². The minimum Gasteiger partial charge on any atom is -0.497 e. The molecule has 6 nitrogen and oxygen atoms in total. The van der Waals surface area contributed by atoms with E-state index in [-0.39, 0.29) is 18.2 Å². The zero-order valence-corrected chi connectivity index (χ0v) is 16.8. The molecule has 0 saturated heterocycles. The van der Waals surface area contributed by atoms with Gasteiger partial charge in [0.15, 0.2) is 0 Å². The SMILES string of the molecule is COc1ccc(C2=CCN(C(=O)CCNC(=O)c3ccccc3OC)CC2)cc1. The second-order valence-electron chi connectivity index (χ2n) is 6.75. The van der Waals surface area contributed by atoms with E-state index in [0.29, 0.717) is 30.9 Å². The van der Waals surface area contributed by atoms with Crippen molar-refractivity contribution in [2.75, 3.05) is 33.9 Å². The maximum atomic E-state index is 12.5. The maximum absolute atomic E-state index is 12.5. The lowest BCUT2D eigenvalue weighted by molar-refractivity contribution is -0.130. The van der Waals surface area contributed by atoms with Gasteiger partial charge in [-0.25, -0.2) is 0 Å². The molecule has 2 amide bonds. The molecule has 29 heavy (non-hydrogen) atoms. The standard InChI is InChI=1S/C23H26N2O4/c1-28-19-9-7-17(8-10-19)18-12-15-25(16-13-18)22(26)11-14-24-23(27)20-5-3-4-6-21(20)29-2/h3-10,12H,11,13-16H2,1-2H3,(H,24,27). The summed E-state index contributed by atoms with van der Waals surface area (Å²) >= 11 is 0. The Kier molecular flexibility index (Phi) is 6.89. The van der Waals surface area contributed by atoms with Gasteiger partial charge in [-0.05, 0) is 41.8 Å². The largest absolute Gasteiger partial charge is 0.497 e. The molecule has 0 atom stereocenters. The molecule has 0 bridgehead atoms. The van der Waals surface area contributed by atoms with E-state index in [4.69, 9.17) is 9.47 Å². The Balaban J connectivity index is 1.48. The number of ether oxygens (including phenoxy) is 2. The molecule has 0 spiro atoms. The van der Waals surface area contributed by atoms with Gasteiger partial charge >= 0.3 is 0 Å². The molecule has 0 aromatic heterocycles. The summed E-state index contributed by atoms with van der Waals surface area (Å²) in [5.74, 6) is 1.15. The fourth-order valence-corrected chi connectivity index (χ4v) is 3.33. The lowest BCUT2D eigenvalue weighted by Gasteiger charge is -2.27. The van der Waals surface area contributed by atoms with Gasteiger partial charge in [0.25, 0.3) is 5.91 Å². The molecule has 1 aliphatic heterocycles. The molecule has 2 aromatic rings. The van der Waals surface area contributed by atoms with E-state index >= 15 is 0 Å². The summed E-state index contributed by atoms with van der Waals surface area (Å²) in [5, 5.41) is 2.80. The smallest absolute Gasteiger partial charge is 0.255 e. The monoisotopic (exact) mass is 394 g/mol. The Labute approximate surface area is 171 Å².